The van der Waals surface area contributed by atoms with Crippen LogP contribution >= 0.6 is 11.8 Å². The van der Waals surface area contributed by atoms with Gasteiger partial charge in [-0.2, -0.15) is 0 Å². The second-order valence-corrected chi connectivity index (χ2v) is 6.03. The zero-order valence-corrected chi connectivity index (χ0v) is 13.7. The lowest BCUT2D eigenvalue weighted by Gasteiger charge is -2.14. The molecule has 0 aromatic carbocycles. The Balaban J connectivity index is 2.88. The molecule has 0 amide bonds. The lowest BCUT2D eigenvalue weighted by Crippen LogP contribution is -2.09. The van der Waals surface area contributed by atoms with Crippen molar-refractivity contribution in [3.63, 3.8) is 0 Å². The predicted octanol–water partition coefficient (Wildman–Crippen LogP) is 4.31. The van der Waals surface area contributed by atoms with E-state index >= 15 is 0 Å². The quantitative estimate of drug-likeness (QED) is 0.569. The van der Waals surface area contributed by atoms with E-state index in [1.54, 1.807) is 0 Å². The molecule has 1 rings (SSSR count). The van der Waals surface area contributed by atoms with E-state index < -0.39 is 0 Å². The average Bonchev–Trinajstić information content (AvgIpc) is 2.44. The molecule has 0 radical (unpaired) electrons. The van der Waals surface area contributed by atoms with Gasteiger partial charge < -0.3 is 5.32 Å². The first-order valence-electron chi connectivity index (χ1n) is 7.36. The molecule has 3 nitrogen and oxygen atoms in total. The molecule has 0 bridgehead atoms. The van der Waals surface area contributed by atoms with Crippen molar-refractivity contribution in [3.05, 3.63) is 11.4 Å². The van der Waals surface area contributed by atoms with Crippen LogP contribution in [0.1, 0.15) is 51.9 Å². The molecule has 0 aliphatic carbocycles. The molecule has 0 saturated heterocycles. The van der Waals surface area contributed by atoms with Crippen LogP contribution in [0.15, 0.2) is 5.03 Å². The van der Waals surface area contributed by atoms with Crippen molar-refractivity contribution in [1.29, 1.82) is 0 Å². The van der Waals surface area contributed by atoms with E-state index in [0.717, 1.165) is 47.7 Å². The highest BCUT2D eigenvalue weighted by atomic mass is 32.2. The smallest absolute Gasteiger partial charge is 0.133 e. The number of nitrogens with zero attached hydrogens (tertiary/aromatic N) is 2. The van der Waals surface area contributed by atoms with Gasteiger partial charge in [0.1, 0.15) is 16.7 Å². The summed E-state index contributed by atoms with van der Waals surface area (Å²) in [5.74, 6) is 3.82. The average molecular weight is 281 g/mol. The van der Waals surface area contributed by atoms with Crippen molar-refractivity contribution in [2.45, 2.75) is 58.9 Å². The second kappa shape index (κ2) is 8.41. The predicted molar refractivity (Wildman–Crippen MR) is 85.1 cm³/mol. The Labute approximate surface area is 122 Å². The Morgan fingerprint density at radius 1 is 1.21 bits per heavy atom. The van der Waals surface area contributed by atoms with Gasteiger partial charge >= 0.3 is 0 Å². The Bertz CT molecular complexity index is 393. The minimum atomic E-state index is 0.733. The molecule has 0 saturated carbocycles. The molecule has 4 heteroatoms. The Morgan fingerprint density at radius 2 is 1.95 bits per heavy atom. The van der Waals surface area contributed by atoms with Gasteiger partial charge in [0.2, 0.25) is 0 Å². The van der Waals surface area contributed by atoms with E-state index in [9.17, 15) is 0 Å². The van der Waals surface area contributed by atoms with E-state index in [4.69, 9.17) is 0 Å². The fraction of sp³-hybridized carbons (Fsp3) is 0.733. The summed E-state index contributed by atoms with van der Waals surface area (Å²) in [5.41, 5.74) is 1.19. The maximum atomic E-state index is 4.68. The third kappa shape index (κ3) is 5.01. The SMILES string of the molecule is CCCNc1nc(CC)nc(SCC(C)CC)c1C. The summed E-state index contributed by atoms with van der Waals surface area (Å²) in [6.45, 7) is 11.9. The molecule has 108 valence electrons. The highest BCUT2D eigenvalue weighted by molar-refractivity contribution is 7.99. The second-order valence-electron chi connectivity index (χ2n) is 5.02. The number of rotatable bonds is 8. The summed E-state index contributed by atoms with van der Waals surface area (Å²) >= 11 is 1.87. The monoisotopic (exact) mass is 281 g/mol. The Morgan fingerprint density at radius 3 is 2.53 bits per heavy atom. The molecule has 1 aromatic heterocycles. The molecule has 1 N–H and O–H groups in total. The van der Waals surface area contributed by atoms with Gasteiger partial charge in [0.15, 0.2) is 0 Å². The van der Waals surface area contributed by atoms with Crippen LogP contribution in [0, 0.1) is 12.8 Å². The summed E-state index contributed by atoms with van der Waals surface area (Å²) in [5, 5.41) is 4.56. The summed E-state index contributed by atoms with van der Waals surface area (Å²) in [6, 6.07) is 0. The third-order valence-corrected chi connectivity index (χ3v) is 4.61. The summed E-state index contributed by atoms with van der Waals surface area (Å²) in [6.07, 6.45) is 3.22. The molecule has 0 spiro atoms. The minimum Gasteiger partial charge on any atom is -0.370 e. The van der Waals surface area contributed by atoms with Crippen LogP contribution in [-0.4, -0.2) is 22.3 Å². The van der Waals surface area contributed by atoms with Crippen molar-refractivity contribution >= 4 is 17.6 Å². The number of hydrogen-bond acceptors (Lipinski definition) is 4. The molecule has 1 unspecified atom stereocenters. The van der Waals surface area contributed by atoms with Crippen molar-refractivity contribution in [1.82, 2.24) is 9.97 Å². The Kier molecular flexibility index (Phi) is 7.21. The molecule has 1 heterocycles. The first-order chi connectivity index (χ1) is 9.12. The van der Waals surface area contributed by atoms with E-state index in [0.29, 0.717) is 0 Å². The van der Waals surface area contributed by atoms with Crippen LogP contribution in [0.5, 0.6) is 0 Å². The van der Waals surface area contributed by atoms with Crippen LogP contribution in [0.25, 0.3) is 0 Å². The zero-order chi connectivity index (χ0) is 14.3. The lowest BCUT2D eigenvalue weighted by atomic mass is 10.2. The highest BCUT2D eigenvalue weighted by Gasteiger charge is 2.11. The number of aryl methyl sites for hydroxylation is 1. The third-order valence-electron chi connectivity index (χ3n) is 3.21. The van der Waals surface area contributed by atoms with Crippen molar-refractivity contribution in [2.75, 3.05) is 17.6 Å². The minimum absolute atomic E-state index is 0.733. The fourth-order valence-electron chi connectivity index (χ4n) is 1.59. The molecule has 1 atom stereocenters. The first kappa shape index (κ1) is 16.3. The van der Waals surface area contributed by atoms with Crippen molar-refractivity contribution in [2.24, 2.45) is 5.92 Å². The van der Waals surface area contributed by atoms with Gasteiger partial charge in [-0.25, -0.2) is 9.97 Å². The number of anilines is 1. The van der Waals surface area contributed by atoms with E-state index in [-0.39, 0.29) is 0 Å². The number of nitrogens with one attached hydrogen (secondary N) is 1. The van der Waals surface area contributed by atoms with Gasteiger partial charge in [0.25, 0.3) is 0 Å². The first-order valence-corrected chi connectivity index (χ1v) is 8.35. The highest BCUT2D eigenvalue weighted by Crippen LogP contribution is 2.27. The summed E-state index contributed by atoms with van der Waals surface area (Å²) < 4.78 is 0. The maximum absolute atomic E-state index is 4.68. The van der Waals surface area contributed by atoms with E-state index in [1.807, 2.05) is 11.8 Å². The van der Waals surface area contributed by atoms with Gasteiger partial charge in [-0.15, -0.1) is 11.8 Å². The van der Waals surface area contributed by atoms with Crippen molar-refractivity contribution in [3.8, 4) is 0 Å². The largest absolute Gasteiger partial charge is 0.370 e. The molecule has 0 fully saturated rings. The standard InChI is InChI=1S/C15H27N3S/c1-6-9-16-14-12(5)15(18-13(8-3)17-14)19-10-11(4)7-2/h11H,6-10H2,1-5H3,(H,16,17,18). The number of thioether (sulfide) groups is 1. The summed E-state index contributed by atoms with van der Waals surface area (Å²) in [4.78, 5) is 9.28. The number of hydrogen-bond donors (Lipinski definition) is 1. The van der Waals surface area contributed by atoms with E-state index in [2.05, 4.69) is 49.9 Å². The Hall–Kier alpha value is -0.770. The van der Waals surface area contributed by atoms with Crippen molar-refractivity contribution < 1.29 is 0 Å². The normalized spacial score (nSPS) is 12.5. The molecule has 0 aliphatic rings. The van der Waals surface area contributed by atoms with Gasteiger partial charge in [-0.1, -0.05) is 34.1 Å². The van der Waals surface area contributed by atoms with Crippen LogP contribution < -0.4 is 5.32 Å². The fourth-order valence-corrected chi connectivity index (χ4v) is 2.75. The summed E-state index contributed by atoms with van der Waals surface area (Å²) in [7, 11) is 0. The molecule has 0 aliphatic heterocycles. The van der Waals surface area contributed by atoms with Crippen LogP contribution in [0.4, 0.5) is 5.82 Å². The van der Waals surface area contributed by atoms with E-state index in [1.165, 1.54) is 12.0 Å². The molecule has 1 aromatic rings. The molecular formula is C15H27N3S. The maximum Gasteiger partial charge on any atom is 0.133 e. The zero-order valence-electron chi connectivity index (χ0n) is 12.9. The van der Waals surface area contributed by atoms with Gasteiger partial charge in [-0.05, 0) is 19.3 Å². The molecular weight excluding hydrogens is 254 g/mol. The van der Waals surface area contributed by atoms with Gasteiger partial charge in [0, 0.05) is 24.3 Å². The van der Waals surface area contributed by atoms with Crippen LogP contribution in [0.2, 0.25) is 0 Å². The molecule has 19 heavy (non-hydrogen) atoms. The van der Waals surface area contributed by atoms with Crippen LogP contribution in [0.3, 0.4) is 0 Å². The number of aromatic nitrogens is 2. The van der Waals surface area contributed by atoms with Crippen LogP contribution in [-0.2, 0) is 6.42 Å². The topological polar surface area (TPSA) is 37.8 Å². The van der Waals surface area contributed by atoms with Gasteiger partial charge in [-0.3, -0.25) is 0 Å². The lowest BCUT2D eigenvalue weighted by molar-refractivity contribution is 0.636. The van der Waals surface area contributed by atoms with Gasteiger partial charge in [0.05, 0.1) is 0 Å².